The van der Waals surface area contributed by atoms with Gasteiger partial charge >= 0.3 is 6.18 Å². The normalized spacial score (nSPS) is 16.0. The summed E-state index contributed by atoms with van der Waals surface area (Å²) in [6.07, 6.45) is -0.520. The zero-order chi connectivity index (χ0) is 22.0. The van der Waals surface area contributed by atoms with Gasteiger partial charge in [0.05, 0.1) is 5.69 Å². The SMILES string of the molecule is CNc1nc(C(F)(F)F)ccc1-c1cc(Nc2cccc3c2CC(CO)CC3)ncn1. The lowest BCUT2D eigenvalue weighted by molar-refractivity contribution is -0.141. The second kappa shape index (κ2) is 8.50. The molecule has 1 unspecified atom stereocenters. The molecule has 1 aliphatic carbocycles. The van der Waals surface area contributed by atoms with Crippen molar-refractivity contribution in [1.82, 2.24) is 15.0 Å². The maximum atomic E-state index is 13.0. The number of aromatic nitrogens is 3. The number of hydrogen-bond acceptors (Lipinski definition) is 6. The van der Waals surface area contributed by atoms with Crippen molar-refractivity contribution in [3.8, 4) is 11.3 Å². The quantitative estimate of drug-likeness (QED) is 0.556. The molecule has 2 aromatic heterocycles. The Balaban J connectivity index is 1.65. The average Bonchev–Trinajstić information content (AvgIpc) is 2.78. The summed E-state index contributed by atoms with van der Waals surface area (Å²) in [7, 11) is 1.51. The number of aliphatic hydroxyl groups is 1. The smallest absolute Gasteiger partial charge is 0.396 e. The number of rotatable bonds is 5. The van der Waals surface area contributed by atoms with Crippen molar-refractivity contribution in [2.45, 2.75) is 25.4 Å². The Kier molecular flexibility index (Phi) is 5.77. The fraction of sp³-hybridized carbons (Fsp3) is 0.318. The third-order valence-electron chi connectivity index (χ3n) is 5.47. The van der Waals surface area contributed by atoms with E-state index in [0.29, 0.717) is 17.1 Å². The lowest BCUT2D eigenvalue weighted by Gasteiger charge is -2.25. The molecule has 1 aromatic carbocycles. The van der Waals surface area contributed by atoms with Gasteiger partial charge in [-0.15, -0.1) is 0 Å². The molecule has 31 heavy (non-hydrogen) atoms. The molecule has 0 amide bonds. The molecule has 6 nitrogen and oxygen atoms in total. The number of fused-ring (bicyclic) bond motifs is 1. The first-order valence-corrected chi connectivity index (χ1v) is 9.96. The van der Waals surface area contributed by atoms with Crippen molar-refractivity contribution >= 4 is 17.3 Å². The van der Waals surface area contributed by atoms with Gasteiger partial charge in [-0.25, -0.2) is 15.0 Å². The molecule has 1 atom stereocenters. The molecule has 4 rings (SSSR count). The minimum absolute atomic E-state index is 0.0855. The number of alkyl halides is 3. The van der Waals surface area contributed by atoms with Crippen molar-refractivity contribution < 1.29 is 18.3 Å². The summed E-state index contributed by atoms with van der Waals surface area (Å²) in [4.78, 5) is 12.2. The van der Waals surface area contributed by atoms with E-state index in [2.05, 4.69) is 31.7 Å². The predicted molar refractivity (Wildman–Crippen MR) is 112 cm³/mol. The van der Waals surface area contributed by atoms with E-state index in [9.17, 15) is 18.3 Å². The van der Waals surface area contributed by atoms with Crippen LogP contribution in [0.15, 0.2) is 42.7 Å². The van der Waals surface area contributed by atoms with Crippen LogP contribution in [0, 0.1) is 5.92 Å². The molecule has 0 spiro atoms. The maximum Gasteiger partial charge on any atom is 0.433 e. The zero-order valence-electron chi connectivity index (χ0n) is 16.9. The highest BCUT2D eigenvalue weighted by atomic mass is 19.4. The Morgan fingerprint density at radius 2 is 2.00 bits per heavy atom. The van der Waals surface area contributed by atoms with Crippen LogP contribution in [0.2, 0.25) is 0 Å². The lowest BCUT2D eigenvalue weighted by Crippen LogP contribution is -2.18. The van der Waals surface area contributed by atoms with Crippen LogP contribution in [0.1, 0.15) is 23.2 Å². The van der Waals surface area contributed by atoms with E-state index in [-0.39, 0.29) is 18.3 Å². The largest absolute Gasteiger partial charge is 0.433 e. The van der Waals surface area contributed by atoms with Crippen LogP contribution >= 0.6 is 0 Å². The molecule has 3 N–H and O–H groups in total. The van der Waals surface area contributed by atoms with Gasteiger partial charge in [-0.3, -0.25) is 0 Å². The van der Waals surface area contributed by atoms with E-state index in [4.69, 9.17) is 0 Å². The molecule has 1 aliphatic rings. The number of aryl methyl sites for hydroxylation is 1. The number of hydrogen-bond donors (Lipinski definition) is 3. The third-order valence-corrected chi connectivity index (χ3v) is 5.47. The van der Waals surface area contributed by atoms with Gasteiger partial charge in [0.25, 0.3) is 0 Å². The molecule has 162 valence electrons. The molecular formula is C22H22F3N5O. The first-order valence-electron chi connectivity index (χ1n) is 9.96. The summed E-state index contributed by atoms with van der Waals surface area (Å²) in [5, 5.41) is 15.6. The highest BCUT2D eigenvalue weighted by molar-refractivity contribution is 5.75. The van der Waals surface area contributed by atoms with Crippen LogP contribution in [0.4, 0.5) is 30.5 Å². The predicted octanol–water partition coefficient (Wildman–Crippen LogP) is 4.44. The average molecular weight is 429 g/mol. The fourth-order valence-electron chi connectivity index (χ4n) is 3.86. The van der Waals surface area contributed by atoms with Crippen molar-refractivity contribution in [3.63, 3.8) is 0 Å². The molecule has 0 fully saturated rings. The standard InChI is InChI=1S/C22H22F3N5O/c1-26-21-15(7-8-19(30-21)22(23,24)25)18-10-20(28-12-27-18)29-17-4-2-3-14-6-5-13(11-31)9-16(14)17/h2-4,7-8,10,12-13,31H,5-6,9,11H2,1H3,(H,26,30)(H,27,28,29). The number of nitrogens with one attached hydrogen (secondary N) is 2. The van der Waals surface area contributed by atoms with Gasteiger partial charge < -0.3 is 15.7 Å². The van der Waals surface area contributed by atoms with E-state index >= 15 is 0 Å². The van der Waals surface area contributed by atoms with Crippen LogP contribution in [-0.4, -0.2) is 33.7 Å². The zero-order valence-corrected chi connectivity index (χ0v) is 16.9. The Labute approximate surface area is 177 Å². The topological polar surface area (TPSA) is 83.0 Å². The van der Waals surface area contributed by atoms with Crippen molar-refractivity contribution in [3.05, 3.63) is 59.5 Å². The number of benzene rings is 1. The number of pyridine rings is 1. The lowest BCUT2D eigenvalue weighted by atomic mass is 9.83. The summed E-state index contributed by atoms with van der Waals surface area (Å²) >= 11 is 0. The van der Waals surface area contributed by atoms with Gasteiger partial charge in [-0.05, 0) is 54.5 Å². The van der Waals surface area contributed by atoms with E-state index in [1.807, 2.05) is 12.1 Å². The number of nitrogens with zero attached hydrogens (tertiary/aromatic N) is 3. The van der Waals surface area contributed by atoms with Gasteiger partial charge in [0.1, 0.15) is 23.7 Å². The number of halogens is 3. The van der Waals surface area contributed by atoms with Crippen LogP contribution in [0.25, 0.3) is 11.3 Å². The van der Waals surface area contributed by atoms with Crippen LogP contribution < -0.4 is 10.6 Å². The minimum atomic E-state index is -4.53. The van der Waals surface area contributed by atoms with Crippen molar-refractivity contribution in [2.24, 2.45) is 5.92 Å². The highest BCUT2D eigenvalue weighted by Gasteiger charge is 2.33. The summed E-state index contributed by atoms with van der Waals surface area (Å²) < 4.78 is 39.0. The molecule has 9 heteroatoms. The third kappa shape index (κ3) is 4.46. The monoisotopic (exact) mass is 429 g/mol. The first kappa shape index (κ1) is 21.0. The van der Waals surface area contributed by atoms with E-state index in [0.717, 1.165) is 36.6 Å². The molecule has 0 saturated heterocycles. The Hall–Kier alpha value is -3.20. The van der Waals surface area contributed by atoms with Gasteiger partial charge in [0, 0.05) is 31.0 Å². The summed E-state index contributed by atoms with van der Waals surface area (Å²) in [5.41, 5.74) is 3.22. The maximum absolute atomic E-state index is 13.0. The number of aliphatic hydroxyl groups excluding tert-OH is 1. The highest BCUT2D eigenvalue weighted by Crippen LogP contribution is 2.34. The Bertz CT molecular complexity index is 1090. The molecule has 0 aliphatic heterocycles. The second-order valence-electron chi connectivity index (χ2n) is 7.49. The van der Waals surface area contributed by atoms with Crippen molar-refractivity contribution in [1.29, 1.82) is 0 Å². The molecular weight excluding hydrogens is 407 g/mol. The molecule has 0 bridgehead atoms. The molecule has 0 radical (unpaired) electrons. The van der Waals surface area contributed by atoms with E-state index < -0.39 is 11.9 Å². The van der Waals surface area contributed by atoms with Gasteiger partial charge in [0.2, 0.25) is 0 Å². The van der Waals surface area contributed by atoms with Gasteiger partial charge in [-0.2, -0.15) is 13.2 Å². The first-order chi connectivity index (χ1) is 14.9. The van der Waals surface area contributed by atoms with Crippen LogP contribution in [-0.2, 0) is 19.0 Å². The summed E-state index contributed by atoms with van der Waals surface area (Å²) in [6, 6.07) is 9.99. The molecule has 2 heterocycles. The molecule has 3 aromatic rings. The van der Waals surface area contributed by atoms with Gasteiger partial charge in [0.15, 0.2) is 0 Å². The minimum Gasteiger partial charge on any atom is -0.396 e. The van der Waals surface area contributed by atoms with E-state index in [1.54, 1.807) is 6.07 Å². The molecule has 0 saturated carbocycles. The van der Waals surface area contributed by atoms with E-state index in [1.165, 1.54) is 25.0 Å². The Morgan fingerprint density at radius 1 is 1.16 bits per heavy atom. The van der Waals surface area contributed by atoms with Crippen LogP contribution in [0.5, 0.6) is 0 Å². The van der Waals surface area contributed by atoms with Crippen LogP contribution in [0.3, 0.4) is 0 Å². The second-order valence-corrected chi connectivity index (χ2v) is 7.49. The Morgan fingerprint density at radius 3 is 2.74 bits per heavy atom. The summed E-state index contributed by atoms with van der Waals surface area (Å²) in [6.45, 7) is 0.152. The van der Waals surface area contributed by atoms with Crippen molar-refractivity contribution in [2.75, 3.05) is 24.3 Å². The fourth-order valence-corrected chi connectivity index (χ4v) is 3.86. The van der Waals surface area contributed by atoms with Gasteiger partial charge in [-0.1, -0.05) is 12.1 Å². The summed E-state index contributed by atoms with van der Waals surface area (Å²) in [5.74, 6) is 0.835. The number of anilines is 3.